The Labute approximate surface area is 114 Å². The molecule has 0 aliphatic heterocycles. The van der Waals surface area contributed by atoms with Gasteiger partial charge in [0.2, 0.25) is 11.9 Å². The summed E-state index contributed by atoms with van der Waals surface area (Å²) < 4.78 is 15.0. The third-order valence-corrected chi connectivity index (χ3v) is 0.0417. The summed E-state index contributed by atoms with van der Waals surface area (Å²) in [6.07, 6.45) is 0.750. The summed E-state index contributed by atoms with van der Waals surface area (Å²) in [6.45, 7) is 9.00. The van der Waals surface area contributed by atoms with Crippen LogP contribution in [0.1, 0.15) is 10.3 Å². The quantitative estimate of drug-likeness (QED) is 0.250. The van der Waals surface area contributed by atoms with Crippen molar-refractivity contribution in [2.75, 3.05) is 0 Å². The molecule has 12 nitrogen and oxygen atoms in total. The Balaban J connectivity index is -0.00000000712. The molecular weight excluding hydrogens is 288 g/mol. The Kier molecular flexibility index (Phi) is 4080. The van der Waals surface area contributed by atoms with Gasteiger partial charge in [-0.2, -0.15) is 28.8 Å². The molecule has 4 N–H and O–H groups in total. The minimum Gasteiger partial charge on any atom is 0 e. The normalized spacial score (nSPS) is 2.00. The average molecular weight is 300 g/mol. The van der Waals surface area contributed by atoms with Crippen molar-refractivity contribution >= 4 is 30.3 Å². The smallest absolute Gasteiger partial charge is 0 e. The fraction of sp³-hybridized carbons (Fsp3) is 0.125. The summed E-state index contributed by atoms with van der Waals surface area (Å²) in [5.74, 6) is 1.75. The maximum absolute atomic E-state index is 8.62. The molecule has 0 aromatic carbocycles. The van der Waals surface area contributed by atoms with Gasteiger partial charge in [0, 0.05) is 2.85 Å². The van der Waals surface area contributed by atoms with Crippen LogP contribution < -0.4 is 0 Å². The Bertz CT molecular complexity index is 288. The molecule has 0 spiro atoms. The molecule has 0 unspecified atom stereocenters. The monoisotopic (exact) mass is 300 g/mol. The second kappa shape index (κ2) is 1170. The van der Waals surface area contributed by atoms with E-state index in [9.17, 15) is 0 Å². The summed E-state index contributed by atoms with van der Waals surface area (Å²) in [5, 5.41) is 0. The molecule has 12 heteroatoms. The minimum absolute atomic E-state index is 0. The molecule has 0 amide bonds. The van der Waals surface area contributed by atoms with Crippen LogP contribution in [-0.2, 0) is 47.7 Å². The summed E-state index contributed by atoms with van der Waals surface area (Å²) in [6, 6.07) is 0. The topological polar surface area (TPSA) is 239 Å². The summed E-state index contributed by atoms with van der Waals surface area (Å²) in [5.41, 5.74) is 0. The number of carbonyl (C=O) groups excluding carboxylic acids is 8. The molecule has 0 fully saturated rings. The van der Waals surface area contributed by atoms with Crippen LogP contribution in [0.15, 0.2) is 0 Å². The molecular formula is C8H12O12. The first-order chi connectivity index (χ1) is 8.16. The van der Waals surface area contributed by atoms with E-state index in [2.05, 4.69) is 13.3 Å². The number of hydrogen-bond donors (Lipinski definition) is 0. The first kappa shape index (κ1) is 69.4. The van der Waals surface area contributed by atoms with E-state index in [0.29, 0.717) is 0 Å². The van der Waals surface area contributed by atoms with E-state index in [0.717, 1.165) is 11.9 Å². The van der Waals surface area contributed by atoms with Crippen LogP contribution in [0.4, 0.5) is 0 Å². The van der Waals surface area contributed by atoms with Gasteiger partial charge < -0.3 is 11.0 Å². The van der Waals surface area contributed by atoms with Crippen LogP contribution in [0.5, 0.6) is 0 Å². The molecule has 0 saturated carbocycles. The third-order valence-electron chi connectivity index (χ3n) is 0.0417. The third kappa shape index (κ3) is 522. The predicted octanol–water partition coefficient (Wildman–Crippen LogP) is -3.14. The molecule has 0 aromatic heterocycles. The van der Waals surface area contributed by atoms with Crippen molar-refractivity contribution in [1.82, 2.24) is 0 Å². The minimum atomic E-state index is 0. The summed E-state index contributed by atoms with van der Waals surface area (Å²) >= 11 is 0. The van der Waals surface area contributed by atoms with E-state index >= 15 is 0 Å². The van der Waals surface area contributed by atoms with Gasteiger partial charge in [0.05, 0.1) is 0 Å². The number of rotatable bonds is 0. The Hall–Kier alpha value is -3.30. The van der Waals surface area contributed by atoms with Gasteiger partial charge in [-0.05, 0) is 0 Å². The second-order valence-electron chi connectivity index (χ2n) is 0.454. The second-order valence-corrected chi connectivity index (χ2v) is 0.454. The van der Waals surface area contributed by atoms with Crippen molar-refractivity contribution < 1.29 is 61.5 Å². The molecule has 0 aliphatic carbocycles. The Morgan fingerprint density at radius 2 is 0.600 bits per heavy atom. The van der Waals surface area contributed by atoms with Crippen LogP contribution in [-0.4, -0.2) is 41.3 Å². The largest absolute Gasteiger partial charge is 0 e. The van der Waals surface area contributed by atoms with Crippen LogP contribution in [0.2, 0.25) is 0 Å². The molecule has 0 rings (SSSR count). The first-order valence-electron chi connectivity index (χ1n) is 2.29. The SMILES string of the molecule is C.O.O.O=C=C=O.O=C=O.O=C=O.O=C=O.[C-]#[O+].[C-]#[O+].[HH].[HH]. The summed E-state index contributed by atoms with van der Waals surface area (Å²) in [4.78, 5) is 66.0. The van der Waals surface area contributed by atoms with Gasteiger partial charge in [-0.15, -0.1) is 0 Å². The van der Waals surface area contributed by atoms with Gasteiger partial charge >= 0.3 is 41.1 Å². The van der Waals surface area contributed by atoms with E-state index in [-0.39, 0.29) is 39.7 Å². The van der Waals surface area contributed by atoms with Gasteiger partial charge in [-0.1, -0.05) is 7.43 Å². The zero-order valence-electron chi connectivity index (χ0n) is 8.58. The zero-order valence-corrected chi connectivity index (χ0v) is 8.58. The number of hydrogen-bond acceptors (Lipinski definition) is 8. The average Bonchev–Trinajstić information content (AvgIpc) is 2.37. The van der Waals surface area contributed by atoms with Crippen molar-refractivity contribution in [1.29, 1.82) is 0 Å². The Morgan fingerprint density at radius 1 is 0.550 bits per heavy atom. The van der Waals surface area contributed by atoms with Crippen molar-refractivity contribution in [3.05, 3.63) is 13.3 Å². The van der Waals surface area contributed by atoms with Gasteiger partial charge in [0.1, 0.15) is 0 Å². The van der Waals surface area contributed by atoms with Gasteiger partial charge in [-0.25, -0.2) is 9.59 Å². The van der Waals surface area contributed by atoms with Crippen LogP contribution >= 0.6 is 0 Å². The van der Waals surface area contributed by atoms with Crippen molar-refractivity contribution in [2.24, 2.45) is 0 Å². The van der Waals surface area contributed by atoms with Crippen molar-refractivity contribution in [3.63, 3.8) is 0 Å². The van der Waals surface area contributed by atoms with Crippen LogP contribution in [0.3, 0.4) is 0 Å². The first-order valence-corrected chi connectivity index (χ1v) is 2.29. The maximum Gasteiger partial charge on any atom is 0 e. The molecule has 0 bridgehead atoms. The molecule has 116 valence electrons. The van der Waals surface area contributed by atoms with Crippen molar-refractivity contribution in [3.8, 4) is 0 Å². The standard InChI is InChI=1S/C2O2.3CO2.2CO.CH4.2H2O.2H2/c3-1-2-4;3*2-1-3;2*1-2;;;;;/h;;;;;;1H4;2*1H2;2*1H. The van der Waals surface area contributed by atoms with E-state index in [4.69, 9.17) is 47.7 Å². The fourth-order valence-corrected chi connectivity index (χ4v) is 0. The van der Waals surface area contributed by atoms with Crippen molar-refractivity contribution in [2.45, 2.75) is 7.43 Å². The maximum atomic E-state index is 8.62. The molecule has 0 aromatic rings. The molecule has 0 atom stereocenters. The molecule has 0 saturated heterocycles. The van der Waals surface area contributed by atoms with Crippen LogP contribution in [0, 0.1) is 13.3 Å². The summed E-state index contributed by atoms with van der Waals surface area (Å²) in [7, 11) is 0. The van der Waals surface area contributed by atoms with Gasteiger partial charge in [0.25, 0.3) is 0 Å². The molecule has 20 heavy (non-hydrogen) atoms. The fourth-order valence-electron chi connectivity index (χ4n) is 0. The molecule has 0 aliphatic rings. The van der Waals surface area contributed by atoms with Gasteiger partial charge in [-0.3, -0.25) is 0 Å². The van der Waals surface area contributed by atoms with E-state index < -0.39 is 0 Å². The molecule has 0 radical (unpaired) electrons. The van der Waals surface area contributed by atoms with Crippen LogP contribution in [0.25, 0.3) is 0 Å². The zero-order chi connectivity index (χ0) is 15.5. The Morgan fingerprint density at radius 3 is 0.600 bits per heavy atom. The van der Waals surface area contributed by atoms with E-state index in [1.165, 1.54) is 0 Å². The predicted molar refractivity (Wildman–Crippen MR) is 52.5 cm³/mol. The van der Waals surface area contributed by atoms with E-state index in [1.54, 1.807) is 0 Å². The molecule has 0 heterocycles. The van der Waals surface area contributed by atoms with Gasteiger partial charge in [0.15, 0.2) is 0 Å². The van der Waals surface area contributed by atoms with E-state index in [1.807, 2.05) is 0 Å².